The molecule has 6 nitrogen and oxygen atoms in total. The number of piperidine rings is 1. The third kappa shape index (κ3) is 3.61. The summed E-state index contributed by atoms with van der Waals surface area (Å²) in [5, 5.41) is 8.80. The number of carbonyl (C=O) groups is 1. The van der Waals surface area contributed by atoms with Crippen LogP contribution in [0.5, 0.6) is 5.75 Å². The molecule has 2 rings (SSSR count). The maximum atomic E-state index is 13.9. The number of halogens is 2. The van der Waals surface area contributed by atoms with Crippen molar-refractivity contribution < 1.29 is 31.8 Å². The van der Waals surface area contributed by atoms with E-state index in [4.69, 9.17) is 9.84 Å². The van der Waals surface area contributed by atoms with Crippen molar-refractivity contribution in [3.63, 3.8) is 0 Å². The van der Waals surface area contributed by atoms with Crippen LogP contribution in [-0.2, 0) is 14.8 Å². The minimum atomic E-state index is -4.11. The Morgan fingerprint density at radius 1 is 1.39 bits per heavy atom. The highest BCUT2D eigenvalue weighted by atomic mass is 32.2. The Bertz CT molecular complexity index is 675. The molecule has 128 valence electrons. The molecule has 0 spiro atoms. The number of benzene rings is 1. The SMILES string of the molecule is CCOc1ccc(S(=O)(=O)N2CCC(C(=O)O)C(F)(F)C2)cc1. The normalized spacial score (nSPS) is 21.8. The number of hydrogen-bond acceptors (Lipinski definition) is 4. The Hall–Kier alpha value is -1.74. The predicted molar refractivity (Wildman–Crippen MR) is 77.1 cm³/mol. The maximum Gasteiger partial charge on any atom is 0.312 e. The van der Waals surface area contributed by atoms with Gasteiger partial charge in [-0.15, -0.1) is 0 Å². The highest BCUT2D eigenvalue weighted by Gasteiger charge is 2.51. The number of rotatable bonds is 5. The van der Waals surface area contributed by atoms with E-state index in [9.17, 15) is 22.0 Å². The van der Waals surface area contributed by atoms with Gasteiger partial charge in [0.05, 0.1) is 18.0 Å². The largest absolute Gasteiger partial charge is 0.494 e. The third-order valence-electron chi connectivity index (χ3n) is 3.63. The second kappa shape index (κ2) is 6.40. The van der Waals surface area contributed by atoms with Gasteiger partial charge >= 0.3 is 5.97 Å². The summed E-state index contributed by atoms with van der Waals surface area (Å²) in [5.74, 6) is -6.62. The standard InChI is InChI=1S/C14H17F2NO5S/c1-2-22-10-3-5-11(6-4-10)23(20,21)17-8-7-12(13(18)19)14(15,16)9-17/h3-6,12H,2,7-9H2,1H3,(H,18,19). The fourth-order valence-electron chi connectivity index (χ4n) is 2.44. The second-order valence-electron chi connectivity index (χ2n) is 5.18. The summed E-state index contributed by atoms with van der Waals surface area (Å²) in [5.41, 5.74) is 0. The van der Waals surface area contributed by atoms with E-state index in [2.05, 4.69) is 0 Å². The Morgan fingerprint density at radius 2 is 2.00 bits per heavy atom. The average Bonchev–Trinajstić information content (AvgIpc) is 2.46. The Labute approximate surface area is 132 Å². The fourth-order valence-corrected chi connectivity index (χ4v) is 3.91. The van der Waals surface area contributed by atoms with Crippen LogP contribution < -0.4 is 4.74 Å². The van der Waals surface area contributed by atoms with Crippen LogP contribution in [0.2, 0.25) is 0 Å². The highest BCUT2D eigenvalue weighted by molar-refractivity contribution is 7.89. The molecule has 1 aliphatic rings. The van der Waals surface area contributed by atoms with Crippen LogP contribution in [-0.4, -0.2) is 49.4 Å². The van der Waals surface area contributed by atoms with Gasteiger partial charge in [0.15, 0.2) is 0 Å². The quantitative estimate of drug-likeness (QED) is 0.877. The molecule has 1 aromatic rings. The Balaban J connectivity index is 2.22. The summed E-state index contributed by atoms with van der Waals surface area (Å²) in [4.78, 5) is 10.7. The summed E-state index contributed by atoms with van der Waals surface area (Å²) >= 11 is 0. The van der Waals surface area contributed by atoms with E-state index in [0.29, 0.717) is 16.7 Å². The van der Waals surface area contributed by atoms with E-state index in [-0.39, 0.29) is 11.4 Å². The molecule has 1 fully saturated rings. The van der Waals surface area contributed by atoms with Gasteiger partial charge in [-0.2, -0.15) is 4.31 Å². The molecule has 0 amide bonds. The molecule has 0 aromatic heterocycles. The van der Waals surface area contributed by atoms with Crippen molar-refractivity contribution in [3.05, 3.63) is 24.3 Å². The van der Waals surface area contributed by atoms with Crippen LogP contribution in [0.25, 0.3) is 0 Å². The molecule has 23 heavy (non-hydrogen) atoms. The Kier molecular flexibility index (Phi) is 4.90. The van der Waals surface area contributed by atoms with Crippen molar-refractivity contribution in [2.45, 2.75) is 24.2 Å². The molecule has 0 saturated carbocycles. The molecule has 0 radical (unpaired) electrons. The summed E-state index contributed by atoms with van der Waals surface area (Å²) in [6.45, 7) is 0.794. The molecular weight excluding hydrogens is 332 g/mol. The second-order valence-corrected chi connectivity index (χ2v) is 7.12. The van der Waals surface area contributed by atoms with Crippen molar-refractivity contribution in [1.29, 1.82) is 0 Å². The highest BCUT2D eigenvalue weighted by Crippen LogP contribution is 2.35. The van der Waals surface area contributed by atoms with Crippen molar-refractivity contribution >= 4 is 16.0 Å². The first-order chi connectivity index (χ1) is 10.7. The molecule has 1 saturated heterocycles. The van der Waals surface area contributed by atoms with Gasteiger partial charge in [-0.25, -0.2) is 17.2 Å². The minimum absolute atomic E-state index is 0.134. The molecule has 9 heteroatoms. The van der Waals surface area contributed by atoms with Crippen LogP contribution in [0.3, 0.4) is 0 Å². The lowest BCUT2D eigenvalue weighted by atomic mass is 9.94. The number of alkyl halides is 2. The van der Waals surface area contributed by atoms with E-state index in [1.165, 1.54) is 24.3 Å². The number of carboxylic acids is 1. The minimum Gasteiger partial charge on any atom is -0.494 e. The smallest absolute Gasteiger partial charge is 0.312 e. The molecule has 1 atom stereocenters. The molecular formula is C14H17F2NO5S. The topological polar surface area (TPSA) is 83.9 Å². The number of hydrogen-bond donors (Lipinski definition) is 1. The van der Waals surface area contributed by atoms with E-state index >= 15 is 0 Å². The first-order valence-corrected chi connectivity index (χ1v) is 8.46. The van der Waals surface area contributed by atoms with Gasteiger partial charge in [-0.3, -0.25) is 4.79 Å². The molecule has 0 aliphatic carbocycles. The van der Waals surface area contributed by atoms with Gasteiger partial charge in [-0.1, -0.05) is 0 Å². The van der Waals surface area contributed by atoms with Crippen molar-refractivity contribution in [2.24, 2.45) is 5.92 Å². The van der Waals surface area contributed by atoms with Gasteiger partial charge in [0.2, 0.25) is 10.0 Å². The van der Waals surface area contributed by atoms with E-state index in [1.807, 2.05) is 0 Å². The lowest BCUT2D eigenvalue weighted by molar-refractivity contribution is -0.163. The molecule has 1 N–H and O–H groups in total. The number of ether oxygens (including phenoxy) is 1. The predicted octanol–water partition coefficient (Wildman–Crippen LogP) is 1.82. The van der Waals surface area contributed by atoms with Crippen LogP contribution in [0.1, 0.15) is 13.3 Å². The van der Waals surface area contributed by atoms with E-state index in [1.54, 1.807) is 6.92 Å². The molecule has 1 heterocycles. The monoisotopic (exact) mass is 349 g/mol. The number of aliphatic carboxylic acids is 1. The zero-order valence-electron chi connectivity index (χ0n) is 12.4. The van der Waals surface area contributed by atoms with Gasteiger partial charge in [0, 0.05) is 6.54 Å². The lowest BCUT2D eigenvalue weighted by Crippen LogP contribution is -2.52. The summed E-state index contributed by atoms with van der Waals surface area (Å²) < 4.78 is 58.4. The fraction of sp³-hybridized carbons (Fsp3) is 0.500. The van der Waals surface area contributed by atoms with Gasteiger partial charge in [0.25, 0.3) is 5.92 Å². The van der Waals surface area contributed by atoms with E-state index in [0.717, 1.165) is 0 Å². The maximum absolute atomic E-state index is 13.9. The van der Waals surface area contributed by atoms with Gasteiger partial charge in [0.1, 0.15) is 11.7 Å². The summed E-state index contributed by atoms with van der Waals surface area (Å²) in [6.07, 6.45) is -0.432. The molecule has 1 aliphatic heterocycles. The van der Waals surface area contributed by atoms with Crippen LogP contribution >= 0.6 is 0 Å². The van der Waals surface area contributed by atoms with Crippen molar-refractivity contribution in [3.8, 4) is 5.75 Å². The average molecular weight is 349 g/mol. The zero-order valence-corrected chi connectivity index (χ0v) is 13.2. The van der Waals surface area contributed by atoms with Gasteiger partial charge < -0.3 is 9.84 Å². The van der Waals surface area contributed by atoms with Crippen LogP contribution in [0.15, 0.2) is 29.2 Å². The summed E-state index contributed by atoms with van der Waals surface area (Å²) in [6, 6.07) is 5.44. The van der Waals surface area contributed by atoms with Gasteiger partial charge in [-0.05, 0) is 37.6 Å². The summed E-state index contributed by atoms with van der Waals surface area (Å²) in [7, 11) is -4.11. The molecule has 1 unspecified atom stereocenters. The van der Waals surface area contributed by atoms with Crippen molar-refractivity contribution in [1.82, 2.24) is 4.31 Å². The Morgan fingerprint density at radius 3 is 2.48 bits per heavy atom. The number of nitrogens with zero attached hydrogens (tertiary/aromatic N) is 1. The first kappa shape index (κ1) is 17.6. The number of sulfonamides is 1. The van der Waals surface area contributed by atoms with Crippen LogP contribution in [0.4, 0.5) is 8.78 Å². The first-order valence-electron chi connectivity index (χ1n) is 7.02. The third-order valence-corrected chi connectivity index (χ3v) is 5.49. The molecule has 0 bridgehead atoms. The lowest BCUT2D eigenvalue weighted by Gasteiger charge is -2.35. The van der Waals surface area contributed by atoms with Crippen molar-refractivity contribution in [2.75, 3.05) is 19.7 Å². The zero-order chi connectivity index (χ0) is 17.3. The van der Waals surface area contributed by atoms with E-state index < -0.39 is 40.8 Å². The van der Waals surface area contributed by atoms with Crippen LogP contribution in [0, 0.1) is 5.92 Å². The number of carboxylic acid groups (broad SMARTS) is 1. The molecule has 1 aromatic carbocycles.